The molecule has 0 bridgehead atoms. The van der Waals surface area contributed by atoms with Crippen molar-refractivity contribution in [3.05, 3.63) is 29.8 Å². The summed E-state index contributed by atoms with van der Waals surface area (Å²) in [6.07, 6.45) is 5.18. The van der Waals surface area contributed by atoms with E-state index in [-0.39, 0.29) is 0 Å². The molecule has 0 radical (unpaired) electrons. The number of carboxylic acids is 1. The zero-order valence-electron chi connectivity index (χ0n) is 10.9. The van der Waals surface area contributed by atoms with Crippen LogP contribution < -0.4 is 4.90 Å². The van der Waals surface area contributed by atoms with Crippen LogP contribution in [-0.2, 0) is 4.74 Å². The molecule has 1 aromatic carbocycles. The Balaban J connectivity index is 1.81. The van der Waals surface area contributed by atoms with Crippen molar-refractivity contribution >= 4 is 11.7 Å². The SMILES string of the molecule is O=C(O)c1ccc(N2CCOC3CCCCC32)cc1. The van der Waals surface area contributed by atoms with Gasteiger partial charge in [0.15, 0.2) is 0 Å². The van der Waals surface area contributed by atoms with Crippen LogP contribution in [0.25, 0.3) is 0 Å². The molecule has 1 aliphatic carbocycles. The van der Waals surface area contributed by atoms with Crippen molar-refractivity contribution < 1.29 is 14.6 Å². The van der Waals surface area contributed by atoms with Gasteiger partial charge >= 0.3 is 5.97 Å². The fraction of sp³-hybridized carbons (Fsp3) is 0.533. The van der Waals surface area contributed by atoms with Gasteiger partial charge in [-0.25, -0.2) is 4.79 Å². The first-order valence-electron chi connectivity index (χ1n) is 6.97. The first kappa shape index (κ1) is 12.5. The zero-order valence-corrected chi connectivity index (χ0v) is 10.9. The maximum Gasteiger partial charge on any atom is 0.335 e. The molecular formula is C15H19NO3. The number of carboxylic acid groups (broad SMARTS) is 1. The molecule has 2 unspecified atom stereocenters. The number of rotatable bonds is 2. The number of carbonyl (C=O) groups is 1. The number of morpholine rings is 1. The van der Waals surface area contributed by atoms with Gasteiger partial charge in [0, 0.05) is 12.2 Å². The topological polar surface area (TPSA) is 49.8 Å². The third-order valence-corrected chi connectivity index (χ3v) is 4.18. The molecule has 19 heavy (non-hydrogen) atoms. The molecule has 2 aliphatic rings. The van der Waals surface area contributed by atoms with Crippen LogP contribution in [0.5, 0.6) is 0 Å². The van der Waals surface area contributed by atoms with E-state index in [1.165, 1.54) is 19.3 Å². The predicted molar refractivity (Wildman–Crippen MR) is 72.7 cm³/mol. The Morgan fingerprint density at radius 2 is 1.95 bits per heavy atom. The molecule has 0 amide bonds. The van der Waals surface area contributed by atoms with E-state index in [9.17, 15) is 4.79 Å². The molecule has 1 saturated heterocycles. The van der Waals surface area contributed by atoms with Gasteiger partial charge < -0.3 is 14.7 Å². The molecule has 4 nitrogen and oxygen atoms in total. The number of benzene rings is 1. The van der Waals surface area contributed by atoms with Crippen molar-refractivity contribution in [3.63, 3.8) is 0 Å². The van der Waals surface area contributed by atoms with Crippen LogP contribution in [0, 0.1) is 0 Å². The molecule has 2 fully saturated rings. The number of aromatic carboxylic acids is 1. The summed E-state index contributed by atoms with van der Waals surface area (Å²) in [5, 5.41) is 8.94. The van der Waals surface area contributed by atoms with E-state index in [1.54, 1.807) is 12.1 Å². The zero-order chi connectivity index (χ0) is 13.2. The second-order valence-electron chi connectivity index (χ2n) is 5.31. The molecule has 0 spiro atoms. The highest BCUT2D eigenvalue weighted by molar-refractivity contribution is 5.88. The van der Waals surface area contributed by atoms with Crippen LogP contribution >= 0.6 is 0 Å². The van der Waals surface area contributed by atoms with E-state index in [4.69, 9.17) is 9.84 Å². The maximum atomic E-state index is 10.9. The van der Waals surface area contributed by atoms with E-state index >= 15 is 0 Å². The fourth-order valence-corrected chi connectivity index (χ4v) is 3.21. The summed E-state index contributed by atoms with van der Waals surface area (Å²) >= 11 is 0. The van der Waals surface area contributed by atoms with Gasteiger partial charge in [-0.2, -0.15) is 0 Å². The van der Waals surface area contributed by atoms with Gasteiger partial charge in [0.05, 0.1) is 24.3 Å². The minimum absolute atomic E-state index is 0.345. The van der Waals surface area contributed by atoms with E-state index in [0.717, 1.165) is 25.3 Å². The average Bonchev–Trinajstić information content (AvgIpc) is 2.47. The second-order valence-corrected chi connectivity index (χ2v) is 5.31. The summed E-state index contributed by atoms with van der Waals surface area (Å²) in [5.41, 5.74) is 1.46. The largest absolute Gasteiger partial charge is 0.478 e. The number of hydrogen-bond donors (Lipinski definition) is 1. The van der Waals surface area contributed by atoms with E-state index in [2.05, 4.69) is 4.90 Å². The first-order chi connectivity index (χ1) is 9.25. The smallest absolute Gasteiger partial charge is 0.335 e. The van der Waals surface area contributed by atoms with Gasteiger partial charge in [-0.15, -0.1) is 0 Å². The highest BCUT2D eigenvalue weighted by atomic mass is 16.5. The molecule has 0 aromatic heterocycles. The standard InChI is InChI=1S/C15H19NO3/c17-15(18)11-5-7-12(8-6-11)16-9-10-19-14-4-2-1-3-13(14)16/h5-8,13-14H,1-4,9-10H2,(H,17,18). The minimum atomic E-state index is -0.871. The quantitative estimate of drug-likeness (QED) is 0.888. The average molecular weight is 261 g/mol. The van der Waals surface area contributed by atoms with Gasteiger partial charge in [-0.05, 0) is 37.1 Å². The molecule has 3 rings (SSSR count). The molecule has 1 aromatic rings. The van der Waals surface area contributed by atoms with E-state index in [1.807, 2.05) is 12.1 Å². The van der Waals surface area contributed by atoms with Crippen molar-refractivity contribution in [2.24, 2.45) is 0 Å². The highest BCUT2D eigenvalue weighted by Crippen LogP contribution is 2.32. The van der Waals surface area contributed by atoms with Crippen molar-refractivity contribution in [1.82, 2.24) is 0 Å². The van der Waals surface area contributed by atoms with Gasteiger partial charge in [0.2, 0.25) is 0 Å². The van der Waals surface area contributed by atoms with Crippen molar-refractivity contribution in [2.75, 3.05) is 18.1 Å². The fourth-order valence-electron chi connectivity index (χ4n) is 3.21. The second kappa shape index (κ2) is 5.21. The molecule has 1 heterocycles. The lowest BCUT2D eigenvalue weighted by atomic mass is 9.89. The highest BCUT2D eigenvalue weighted by Gasteiger charge is 2.34. The Morgan fingerprint density at radius 3 is 2.68 bits per heavy atom. The van der Waals surface area contributed by atoms with Crippen LogP contribution in [0.15, 0.2) is 24.3 Å². The van der Waals surface area contributed by atoms with Crippen molar-refractivity contribution in [2.45, 2.75) is 37.8 Å². The molecule has 2 atom stereocenters. The molecule has 1 aliphatic heterocycles. The number of nitrogens with zero attached hydrogens (tertiary/aromatic N) is 1. The minimum Gasteiger partial charge on any atom is -0.478 e. The first-order valence-corrected chi connectivity index (χ1v) is 6.97. The molecule has 1 saturated carbocycles. The number of ether oxygens (including phenoxy) is 1. The van der Waals surface area contributed by atoms with E-state index < -0.39 is 5.97 Å². The summed E-state index contributed by atoms with van der Waals surface area (Å²) in [7, 11) is 0. The third kappa shape index (κ3) is 2.45. The van der Waals surface area contributed by atoms with Crippen molar-refractivity contribution in [1.29, 1.82) is 0 Å². The Kier molecular flexibility index (Phi) is 3.42. The van der Waals surface area contributed by atoms with Crippen LogP contribution in [0.1, 0.15) is 36.0 Å². The maximum absolute atomic E-state index is 10.9. The van der Waals surface area contributed by atoms with Gasteiger partial charge in [-0.1, -0.05) is 12.8 Å². The monoisotopic (exact) mass is 261 g/mol. The van der Waals surface area contributed by atoms with E-state index in [0.29, 0.717) is 17.7 Å². The molecular weight excluding hydrogens is 242 g/mol. The Hall–Kier alpha value is -1.55. The van der Waals surface area contributed by atoms with Crippen LogP contribution in [0.3, 0.4) is 0 Å². The van der Waals surface area contributed by atoms with Gasteiger partial charge in [0.25, 0.3) is 0 Å². The van der Waals surface area contributed by atoms with Crippen LogP contribution in [-0.4, -0.2) is 36.4 Å². The van der Waals surface area contributed by atoms with Crippen molar-refractivity contribution in [3.8, 4) is 0 Å². The number of anilines is 1. The molecule has 1 N–H and O–H groups in total. The Morgan fingerprint density at radius 1 is 1.21 bits per heavy atom. The Labute approximate surface area is 113 Å². The summed E-state index contributed by atoms with van der Waals surface area (Å²) in [6.45, 7) is 1.66. The predicted octanol–water partition coefficient (Wildman–Crippen LogP) is 2.53. The lowest BCUT2D eigenvalue weighted by molar-refractivity contribution is -0.00868. The lowest BCUT2D eigenvalue weighted by Crippen LogP contribution is -2.52. The molecule has 102 valence electrons. The van der Waals surface area contributed by atoms with Crippen LogP contribution in [0.2, 0.25) is 0 Å². The van der Waals surface area contributed by atoms with Gasteiger partial charge in [-0.3, -0.25) is 0 Å². The van der Waals surface area contributed by atoms with Gasteiger partial charge in [0.1, 0.15) is 0 Å². The third-order valence-electron chi connectivity index (χ3n) is 4.18. The normalized spacial score (nSPS) is 26.8. The number of hydrogen-bond acceptors (Lipinski definition) is 3. The summed E-state index contributed by atoms with van der Waals surface area (Å²) in [5.74, 6) is -0.871. The lowest BCUT2D eigenvalue weighted by Gasteiger charge is -2.45. The summed E-state index contributed by atoms with van der Waals surface area (Å²) < 4.78 is 5.86. The summed E-state index contributed by atoms with van der Waals surface area (Å²) in [4.78, 5) is 13.3. The summed E-state index contributed by atoms with van der Waals surface area (Å²) in [6, 6.07) is 7.66. The number of fused-ring (bicyclic) bond motifs is 1. The van der Waals surface area contributed by atoms with Crippen LogP contribution in [0.4, 0.5) is 5.69 Å². The molecule has 4 heteroatoms. The Bertz CT molecular complexity index is 455.